The van der Waals surface area contributed by atoms with E-state index in [2.05, 4.69) is 20.7 Å². The number of tetrazole rings is 1. The van der Waals surface area contributed by atoms with Crippen LogP contribution in [0, 0.1) is 6.92 Å². The van der Waals surface area contributed by atoms with Gasteiger partial charge in [0, 0.05) is 23.7 Å². The minimum atomic E-state index is -0.279. The number of amides is 2. The Morgan fingerprint density at radius 2 is 2.00 bits per heavy atom. The normalized spacial score (nSPS) is 10.5. The average molecular weight is 370 g/mol. The molecule has 8 nitrogen and oxygen atoms in total. The zero-order valence-electron chi connectivity index (χ0n) is 14.4. The average Bonchev–Trinajstić information content (AvgIpc) is 3.28. The second-order valence-corrected chi connectivity index (χ2v) is 6.60. The summed E-state index contributed by atoms with van der Waals surface area (Å²) in [4.78, 5) is 26.9. The van der Waals surface area contributed by atoms with Crippen LogP contribution in [0.25, 0.3) is 11.4 Å². The van der Waals surface area contributed by atoms with Gasteiger partial charge in [0.1, 0.15) is 6.54 Å². The fraction of sp³-hybridized carbons (Fsp3) is 0.235. The Morgan fingerprint density at radius 3 is 2.69 bits per heavy atom. The lowest BCUT2D eigenvalue weighted by molar-refractivity contribution is -0.134. The van der Waals surface area contributed by atoms with E-state index in [0.717, 1.165) is 11.1 Å². The van der Waals surface area contributed by atoms with Crippen molar-refractivity contribution in [2.45, 2.75) is 13.5 Å². The van der Waals surface area contributed by atoms with Gasteiger partial charge in [-0.05, 0) is 35.7 Å². The zero-order valence-corrected chi connectivity index (χ0v) is 15.2. The van der Waals surface area contributed by atoms with Gasteiger partial charge in [0.2, 0.25) is 17.6 Å². The fourth-order valence-corrected chi connectivity index (χ4v) is 2.83. The van der Waals surface area contributed by atoms with Gasteiger partial charge in [0.25, 0.3) is 0 Å². The van der Waals surface area contributed by atoms with E-state index in [0.29, 0.717) is 11.5 Å². The van der Waals surface area contributed by atoms with E-state index in [4.69, 9.17) is 0 Å². The third-order valence-electron chi connectivity index (χ3n) is 3.65. The molecule has 0 fully saturated rings. The van der Waals surface area contributed by atoms with Gasteiger partial charge >= 0.3 is 0 Å². The molecule has 0 aliphatic heterocycles. The highest BCUT2D eigenvalue weighted by atomic mass is 32.1. The second kappa shape index (κ2) is 7.87. The van der Waals surface area contributed by atoms with Gasteiger partial charge in [0.15, 0.2) is 0 Å². The number of hydrogen-bond donors (Lipinski definition) is 1. The molecule has 0 bridgehead atoms. The number of anilines is 1. The van der Waals surface area contributed by atoms with Gasteiger partial charge in [-0.3, -0.25) is 9.59 Å². The smallest absolute Gasteiger partial charge is 0.246 e. The van der Waals surface area contributed by atoms with E-state index in [1.54, 1.807) is 7.05 Å². The summed E-state index contributed by atoms with van der Waals surface area (Å²) in [6.45, 7) is 1.84. The number of nitrogens with one attached hydrogen (secondary N) is 1. The van der Waals surface area contributed by atoms with Crippen molar-refractivity contribution in [1.29, 1.82) is 0 Å². The van der Waals surface area contributed by atoms with Gasteiger partial charge < -0.3 is 10.2 Å². The molecule has 26 heavy (non-hydrogen) atoms. The largest absolute Gasteiger partial charge is 0.335 e. The predicted molar refractivity (Wildman–Crippen MR) is 98.6 cm³/mol. The molecule has 0 unspecified atom stereocenters. The molecule has 0 atom stereocenters. The molecule has 1 aromatic carbocycles. The highest BCUT2D eigenvalue weighted by molar-refractivity contribution is 7.08. The first-order valence-electron chi connectivity index (χ1n) is 7.92. The van der Waals surface area contributed by atoms with E-state index < -0.39 is 0 Å². The molecule has 2 heterocycles. The van der Waals surface area contributed by atoms with Crippen LogP contribution in [0.5, 0.6) is 0 Å². The van der Waals surface area contributed by atoms with Crippen molar-refractivity contribution in [3.8, 4) is 11.4 Å². The lowest BCUT2D eigenvalue weighted by atomic mass is 10.2. The summed E-state index contributed by atoms with van der Waals surface area (Å²) in [7, 11) is 1.56. The third kappa shape index (κ3) is 4.51. The van der Waals surface area contributed by atoms with E-state index in [-0.39, 0.29) is 24.9 Å². The van der Waals surface area contributed by atoms with Crippen LogP contribution in [0.15, 0.2) is 41.1 Å². The van der Waals surface area contributed by atoms with Crippen molar-refractivity contribution >= 4 is 28.8 Å². The number of hydrogen-bond acceptors (Lipinski definition) is 6. The molecular weight excluding hydrogens is 352 g/mol. The summed E-state index contributed by atoms with van der Waals surface area (Å²) >= 11 is 1.53. The van der Waals surface area contributed by atoms with E-state index in [9.17, 15) is 9.59 Å². The quantitative estimate of drug-likeness (QED) is 0.714. The SMILES string of the molecule is Cc1ccc(NC(=O)CN(C)C(=O)Cn2nnc(-c3ccsc3)n2)cc1. The maximum atomic E-state index is 12.3. The Morgan fingerprint density at radius 1 is 1.23 bits per heavy atom. The third-order valence-corrected chi connectivity index (χ3v) is 4.33. The minimum Gasteiger partial charge on any atom is -0.335 e. The number of carbonyl (C=O) groups excluding carboxylic acids is 2. The molecule has 0 aliphatic carbocycles. The molecule has 2 amide bonds. The van der Waals surface area contributed by atoms with Crippen LogP contribution >= 0.6 is 11.3 Å². The molecule has 0 saturated carbocycles. The van der Waals surface area contributed by atoms with Crippen LogP contribution in [0.1, 0.15) is 5.56 Å². The van der Waals surface area contributed by atoms with Gasteiger partial charge in [-0.25, -0.2) is 0 Å². The monoisotopic (exact) mass is 370 g/mol. The number of carbonyl (C=O) groups is 2. The maximum Gasteiger partial charge on any atom is 0.246 e. The van der Waals surface area contributed by atoms with Gasteiger partial charge in [-0.1, -0.05) is 17.7 Å². The summed E-state index contributed by atoms with van der Waals surface area (Å²) < 4.78 is 0. The van der Waals surface area contributed by atoms with Crippen LogP contribution in [0.2, 0.25) is 0 Å². The van der Waals surface area contributed by atoms with E-state index in [1.807, 2.05) is 48.0 Å². The molecule has 9 heteroatoms. The Balaban J connectivity index is 1.52. The molecule has 2 aromatic heterocycles. The Labute approximate surface area is 154 Å². The number of nitrogens with zero attached hydrogens (tertiary/aromatic N) is 5. The first kappa shape index (κ1) is 17.7. The molecule has 134 valence electrons. The molecular formula is C17H18N6O2S. The first-order chi connectivity index (χ1) is 12.5. The highest BCUT2D eigenvalue weighted by Gasteiger charge is 2.16. The molecule has 0 aliphatic rings. The van der Waals surface area contributed by atoms with E-state index in [1.165, 1.54) is 21.0 Å². The number of thiophene rings is 1. The lowest BCUT2D eigenvalue weighted by Gasteiger charge is -2.16. The van der Waals surface area contributed by atoms with Crippen molar-refractivity contribution < 1.29 is 9.59 Å². The number of likely N-dealkylation sites (N-methyl/N-ethyl adjacent to an activating group) is 1. The second-order valence-electron chi connectivity index (χ2n) is 5.82. The van der Waals surface area contributed by atoms with Crippen LogP contribution in [-0.2, 0) is 16.1 Å². The molecule has 0 spiro atoms. The van der Waals surface area contributed by atoms with Gasteiger partial charge in [-0.2, -0.15) is 16.1 Å². The molecule has 0 radical (unpaired) electrons. The van der Waals surface area contributed by atoms with Crippen molar-refractivity contribution in [2.24, 2.45) is 0 Å². The van der Waals surface area contributed by atoms with Crippen molar-refractivity contribution in [1.82, 2.24) is 25.1 Å². The van der Waals surface area contributed by atoms with Crippen molar-refractivity contribution in [3.05, 3.63) is 46.7 Å². The highest BCUT2D eigenvalue weighted by Crippen LogP contribution is 2.16. The lowest BCUT2D eigenvalue weighted by Crippen LogP contribution is -2.37. The van der Waals surface area contributed by atoms with Crippen LogP contribution in [0.3, 0.4) is 0 Å². The van der Waals surface area contributed by atoms with Gasteiger partial charge in [0.05, 0.1) is 6.54 Å². The van der Waals surface area contributed by atoms with Crippen LogP contribution in [-0.4, -0.2) is 50.5 Å². The maximum absolute atomic E-state index is 12.3. The van der Waals surface area contributed by atoms with Crippen molar-refractivity contribution in [3.63, 3.8) is 0 Å². The number of benzene rings is 1. The summed E-state index contributed by atoms with van der Waals surface area (Å²) in [6, 6.07) is 9.34. The molecule has 3 rings (SSSR count). The predicted octanol–water partition coefficient (Wildman–Crippen LogP) is 1.81. The molecule has 1 N–H and O–H groups in total. The first-order valence-corrected chi connectivity index (χ1v) is 8.86. The molecule has 3 aromatic rings. The van der Waals surface area contributed by atoms with E-state index >= 15 is 0 Å². The van der Waals surface area contributed by atoms with Gasteiger partial charge in [-0.15, -0.1) is 10.2 Å². The van der Waals surface area contributed by atoms with Crippen molar-refractivity contribution in [2.75, 3.05) is 18.9 Å². The molecule has 0 saturated heterocycles. The summed E-state index contributed by atoms with van der Waals surface area (Å²) in [6.07, 6.45) is 0. The summed E-state index contributed by atoms with van der Waals surface area (Å²) in [5, 5.41) is 18.6. The standard InChI is InChI=1S/C17H18N6O2S/c1-12-3-5-14(6-4-12)18-15(24)9-22(2)16(25)10-23-20-17(19-21-23)13-7-8-26-11-13/h3-8,11H,9-10H2,1-2H3,(H,18,24). The summed E-state index contributed by atoms with van der Waals surface area (Å²) in [5.41, 5.74) is 2.66. The number of aryl methyl sites for hydroxylation is 1. The Bertz CT molecular complexity index is 888. The fourth-order valence-electron chi connectivity index (χ4n) is 2.20. The summed E-state index contributed by atoms with van der Waals surface area (Å²) in [5.74, 6) is -0.0765. The topological polar surface area (TPSA) is 93.0 Å². The number of rotatable bonds is 6. The number of aromatic nitrogens is 4. The Hall–Kier alpha value is -3.07. The van der Waals surface area contributed by atoms with Crippen LogP contribution < -0.4 is 5.32 Å². The zero-order chi connectivity index (χ0) is 18.5. The minimum absolute atomic E-state index is 0.0568. The van der Waals surface area contributed by atoms with Crippen LogP contribution in [0.4, 0.5) is 5.69 Å². The Kier molecular flexibility index (Phi) is 5.37.